The fourth-order valence-electron chi connectivity index (χ4n) is 2.18. The maximum absolute atomic E-state index is 5.66. The molecule has 1 atom stereocenters. The second-order valence-electron chi connectivity index (χ2n) is 4.81. The summed E-state index contributed by atoms with van der Waals surface area (Å²) in [4.78, 5) is 4.49. The van der Waals surface area contributed by atoms with E-state index in [2.05, 4.69) is 27.8 Å². The first kappa shape index (κ1) is 14.7. The number of thioether (sulfide) groups is 1. The van der Waals surface area contributed by atoms with Crippen molar-refractivity contribution in [3.8, 4) is 11.5 Å². The zero-order valence-electron chi connectivity index (χ0n) is 12.1. The number of aromatic nitrogens is 1. The molecule has 1 aliphatic rings. The Hall–Kier alpha value is -1.24. The van der Waals surface area contributed by atoms with E-state index in [-0.39, 0.29) is 6.04 Å². The summed E-state index contributed by atoms with van der Waals surface area (Å²) < 4.78 is 12.3. The van der Waals surface area contributed by atoms with Crippen LogP contribution in [0.15, 0.2) is 27.9 Å². The summed E-state index contributed by atoms with van der Waals surface area (Å²) in [6, 6.07) is 6.42. The van der Waals surface area contributed by atoms with Gasteiger partial charge in [-0.15, -0.1) is 11.3 Å². The average molecular weight is 322 g/mol. The monoisotopic (exact) mass is 322 g/mol. The van der Waals surface area contributed by atoms with E-state index in [9.17, 15) is 0 Å². The lowest BCUT2D eigenvalue weighted by Crippen LogP contribution is -2.20. The van der Waals surface area contributed by atoms with Crippen molar-refractivity contribution in [3.05, 3.63) is 34.8 Å². The van der Waals surface area contributed by atoms with E-state index in [1.807, 2.05) is 20.0 Å². The average Bonchev–Trinajstić information content (AvgIpc) is 2.93. The maximum atomic E-state index is 5.66. The van der Waals surface area contributed by atoms with Crippen LogP contribution >= 0.6 is 23.1 Å². The fraction of sp³-hybridized carbons (Fsp3) is 0.400. The number of thiazole rings is 1. The third-order valence-electron chi connectivity index (χ3n) is 3.29. The predicted octanol–water partition coefficient (Wildman–Crippen LogP) is 3.28. The molecular weight excluding hydrogens is 304 g/mol. The normalized spacial score (nSPS) is 15.0. The Balaban J connectivity index is 1.70. The van der Waals surface area contributed by atoms with Gasteiger partial charge >= 0.3 is 0 Å². The Morgan fingerprint density at radius 3 is 2.86 bits per heavy atom. The largest absolute Gasteiger partial charge is 0.486 e. The van der Waals surface area contributed by atoms with Crippen LogP contribution in [0.1, 0.15) is 17.3 Å². The molecule has 112 valence electrons. The highest BCUT2D eigenvalue weighted by molar-refractivity contribution is 8.01. The molecule has 2 aromatic rings. The number of rotatable bonds is 5. The van der Waals surface area contributed by atoms with Crippen molar-refractivity contribution in [2.75, 3.05) is 26.0 Å². The van der Waals surface area contributed by atoms with E-state index in [4.69, 9.17) is 9.47 Å². The fourth-order valence-corrected chi connectivity index (χ4v) is 4.19. The minimum absolute atomic E-state index is 0.259. The second kappa shape index (κ2) is 6.68. The van der Waals surface area contributed by atoms with Gasteiger partial charge in [0.15, 0.2) is 11.5 Å². The van der Waals surface area contributed by atoms with Gasteiger partial charge in [0.05, 0.1) is 0 Å². The van der Waals surface area contributed by atoms with Gasteiger partial charge in [-0.05, 0) is 31.7 Å². The molecule has 0 saturated heterocycles. The molecule has 2 heterocycles. The van der Waals surface area contributed by atoms with Crippen LogP contribution in [0.25, 0.3) is 0 Å². The lowest BCUT2D eigenvalue weighted by Gasteiger charge is -2.21. The number of hydrogen-bond donors (Lipinski definition) is 1. The van der Waals surface area contributed by atoms with Gasteiger partial charge in [-0.2, -0.15) is 0 Å². The standard InChI is InChI=1S/C15H18N2O2S2/c1-10-8-20-15(17-10)21-9-12(16-2)11-3-4-13-14(7-11)19-6-5-18-13/h3-4,7-8,12,16H,5-6,9H2,1-2H3. The van der Waals surface area contributed by atoms with E-state index in [0.717, 1.165) is 27.3 Å². The number of aryl methyl sites for hydroxylation is 1. The van der Waals surface area contributed by atoms with Gasteiger partial charge < -0.3 is 14.8 Å². The Morgan fingerprint density at radius 1 is 1.33 bits per heavy atom. The first-order chi connectivity index (χ1) is 10.3. The SMILES string of the molecule is CNC(CSc1nc(C)cs1)c1ccc2c(c1)OCCO2. The molecular formula is C15H18N2O2S2. The molecule has 1 unspecified atom stereocenters. The van der Waals surface area contributed by atoms with Gasteiger partial charge in [0, 0.05) is 22.9 Å². The van der Waals surface area contributed by atoms with E-state index < -0.39 is 0 Å². The van der Waals surface area contributed by atoms with Gasteiger partial charge in [0.2, 0.25) is 0 Å². The lowest BCUT2D eigenvalue weighted by molar-refractivity contribution is 0.171. The predicted molar refractivity (Wildman–Crippen MR) is 86.8 cm³/mol. The van der Waals surface area contributed by atoms with Crippen molar-refractivity contribution in [1.29, 1.82) is 0 Å². The highest BCUT2D eigenvalue weighted by Gasteiger charge is 2.16. The van der Waals surface area contributed by atoms with E-state index in [1.165, 1.54) is 5.56 Å². The van der Waals surface area contributed by atoms with Gasteiger partial charge in [0.1, 0.15) is 17.6 Å². The van der Waals surface area contributed by atoms with Crippen LogP contribution in [0.2, 0.25) is 0 Å². The van der Waals surface area contributed by atoms with Crippen LogP contribution in [0.4, 0.5) is 0 Å². The maximum Gasteiger partial charge on any atom is 0.161 e. The van der Waals surface area contributed by atoms with Crippen molar-refractivity contribution in [2.24, 2.45) is 0 Å². The summed E-state index contributed by atoms with van der Waals surface area (Å²) in [5.41, 5.74) is 2.30. The van der Waals surface area contributed by atoms with E-state index >= 15 is 0 Å². The molecule has 0 bridgehead atoms. The number of benzene rings is 1. The minimum Gasteiger partial charge on any atom is -0.486 e. The van der Waals surface area contributed by atoms with Crippen LogP contribution in [-0.2, 0) is 0 Å². The highest BCUT2D eigenvalue weighted by Crippen LogP contribution is 2.34. The second-order valence-corrected chi connectivity index (χ2v) is 6.94. The van der Waals surface area contributed by atoms with Crippen LogP contribution in [0, 0.1) is 6.92 Å². The first-order valence-electron chi connectivity index (χ1n) is 6.88. The van der Waals surface area contributed by atoms with E-state index in [1.54, 1.807) is 23.1 Å². The Kier molecular flexibility index (Phi) is 4.67. The number of fused-ring (bicyclic) bond motifs is 1. The highest BCUT2D eigenvalue weighted by atomic mass is 32.2. The quantitative estimate of drug-likeness (QED) is 0.856. The summed E-state index contributed by atoms with van der Waals surface area (Å²) in [5, 5.41) is 5.45. The topological polar surface area (TPSA) is 43.4 Å². The molecule has 1 N–H and O–H groups in total. The number of hydrogen-bond acceptors (Lipinski definition) is 6. The molecule has 0 aliphatic carbocycles. The molecule has 0 radical (unpaired) electrons. The van der Waals surface area contributed by atoms with Gasteiger partial charge in [-0.1, -0.05) is 17.8 Å². The van der Waals surface area contributed by atoms with Gasteiger partial charge in [-0.3, -0.25) is 0 Å². The van der Waals surface area contributed by atoms with Crippen LogP contribution < -0.4 is 14.8 Å². The van der Waals surface area contributed by atoms with Crippen molar-refractivity contribution >= 4 is 23.1 Å². The summed E-state index contributed by atoms with van der Waals surface area (Å²) in [6.07, 6.45) is 0. The molecule has 3 rings (SSSR count). The molecule has 1 aromatic carbocycles. The zero-order valence-corrected chi connectivity index (χ0v) is 13.7. The molecule has 4 nitrogen and oxygen atoms in total. The third-order valence-corrected chi connectivity index (χ3v) is 5.52. The molecule has 0 amide bonds. The molecule has 0 fully saturated rings. The van der Waals surface area contributed by atoms with Crippen molar-refractivity contribution in [1.82, 2.24) is 10.3 Å². The van der Waals surface area contributed by atoms with Crippen molar-refractivity contribution < 1.29 is 9.47 Å². The third kappa shape index (κ3) is 3.51. The molecule has 21 heavy (non-hydrogen) atoms. The molecule has 1 aliphatic heterocycles. The number of nitrogens with one attached hydrogen (secondary N) is 1. The summed E-state index contributed by atoms with van der Waals surface area (Å²) in [7, 11) is 1.98. The molecule has 0 saturated carbocycles. The van der Waals surface area contributed by atoms with Crippen molar-refractivity contribution in [2.45, 2.75) is 17.3 Å². The number of ether oxygens (including phenoxy) is 2. The van der Waals surface area contributed by atoms with Gasteiger partial charge in [-0.25, -0.2) is 4.98 Å². The summed E-state index contributed by atoms with van der Waals surface area (Å²) in [6.45, 7) is 3.27. The van der Waals surface area contributed by atoms with Crippen LogP contribution in [0.5, 0.6) is 11.5 Å². The van der Waals surface area contributed by atoms with Crippen molar-refractivity contribution in [3.63, 3.8) is 0 Å². The summed E-state index contributed by atoms with van der Waals surface area (Å²) >= 11 is 3.48. The molecule has 1 aromatic heterocycles. The summed E-state index contributed by atoms with van der Waals surface area (Å²) in [5.74, 6) is 2.61. The van der Waals surface area contributed by atoms with Gasteiger partial charge in [0.25, 0.3) is 0 Å². The Labute approximate surface area is 132 Å². The minimum atomic E-state index is 0.259. The lowest BCUT2D eigenvalue weighted by atomic mass is 10.1. The number of nitrogens with zero attached hydrogens (tertiary/aromatic N) is 1. The van der Waals surface area contributed by atoms with Crippen LogP contribution in [-0.4, -0.2) is 31.0 Å². The first-order valence-corrected chi connectivity index (χ1v) is 8.74. The molecule has 0 spiro atoms. The Bertz CT molecular complexity index is 615. The zero-order chi connectivity index (χ0) is 14.7. The Morgan fingerprint density at radius 2 is 2.14 bits per heavy atom. The van der Waals surface area contributed by atoms with Crippen LogP contribution in [0.3, 0.4) is 0 Å². The molecule has 6 heteroatoms. The van der Waals surface area contributed by atoms with E-state index in [0.29, 0.717) is 13.2 Å². The smallest absolute Gasteiger partial charge is 0.161 e.